The Hall–Kier alpha value is -2.94. The number of halogens is 7. The Morgan fingerprint density at radius 3 is 2.56 bits per heavy atom. The van der Waals surface area contributed by atoms with Gasteiger partial charge in [0, 0.05) is 49.9 Å². The van der Waals surface area contributed by atoms with E-state index >= 15 is 4.39 Å². The molecule has 2 unspecified atom stereocenters. The van der Waals surface area contributed by atoms with E-state index in [-0.39, 0.29) is 66.3 Å². The third-order valence-electron chi connectivity index (χ3n) is 9.06. The van der Waals surface area contributed by atoms with Crippen LogP contribution in [-0.4, -0.2) is 89.9 Å². The average Bonchev–Trinajstić information content (AvgIpc) is 3.61. The number of methoxy groups -OCH3 is 1. The summed E-state index contributed by atoms with van der Waals surface area (Å²) in [5.74, 6) is -0.956. The molecule has 45 heavy (non-hydrogen) atoms. The van der Waals surface area contributed by atoms with Crippen LogP contribution in [0.15, 0.2) is 24.4 Å². The van der Waals surface area contributed by atoms with Gasteiger partial charge in [0.1, 0.15) is 41.3 Å². The molecule has 246 valence electrons. The third-order valence-corrected chi connectivity index (χ3v) is 9.06. The molecule has 4 aliphatic rings. The van der Waals surface area contributed by atoms with Crippen LogP contribution in [0, 0.1) is 5.82 Å². The van der Waals surface area contributed by atoms with E-state index in [0.717, 1.165) is 38.3 Å². The minimum atomic E-state index is -5.01. The number of alkyl halides is 4. The highest BCUT2D eigenvalue weighted by atomic mass is 35.5. The van der Waals surface area contributed by atoms with Crippen LogP contribution in [-0.2, 0) is 0 Å². The maximum atomic E-state index is 16.4. The van der Waals surface area contributed by atoms with Crippen LogP contribution in [0.3, 0.4) is 0 Å². The zero-order valence-corrected chi connectivity index (χ0v) is 25.9. The van der Waals surface area contributed by atoms with Gasteiger partial charge in [-0.1, -0.05) is 0 Å². The molecule has 0 saturated carbocycles. The van der Waals surface area contributed by atoms with E-state index in [9.17, 15) is 17.6 Å². The highest BCUT2D eigenvalue weighted by Crippen LogP contribution is 2.42. The molecular weight excluding hydrogens is 646 g/mol. The number of piperazine rings is 1. The molecule has 4 aliphatic heterocycles. The van der Waals surface area contributed by atoms with Crippen molar-refractivity contribution in [2.45, 2.75) is 62.3 Å². The Labute approximate surface area is 268 Å². The highest BCUT2D eigenvalue weighted by molar-refractivity contribution is 5.92. The smallest absolute Gasteiger partial charge is 0.497 e. The number of aromatic nitrogens is 3. The fourth-order valence-corrected chi connectivity index (χ4v) is 7.17. The SMILES string of the molecule is COc1ccc(OC(F)(F)F)c(-c2ncc3c(N4C[C@H]5CC[C@@H](C4)N5)nc(OCC45CCCN4CC(F)C5)nc3c2F)c1.Cl.Cl. The van der Waals surface area contributed by atoms with E-state index in [1.165, 1.54) is 25.4 Å². The maximum Gasteiger partial charge on any atom is 0.573 e. The van der Waals surface area contributed by atoms with Gasteiger partial charge in [0.25, 0.3) is 0 Å². The topological polar surface area (TPSA) is 84.9 Å². The second-order valence-electron chi connectivity index (χ2n) is 11.8. The molecule has 16 heteroatoms. The van der Waals surface area contributed by atoms with Gasteiger partial charge in [-0.05, 0) is 50.4 Å². The standard InChI is InChI=1S/C29H31F5N6O3.2ClH/c1-41-19-5-6-22(43-29(32,33)34)20(9-19)24-23(31)25-21(11-35-24)26(39-13-17-3-4-18(14-39)36-17)38-27(37-25)42-15-28-7-2-8-40(28)12-16(30)10-28;;/h5-6,9,11,16-18,36H,2-4,7-8,10,12-15H2,1H3;2*1H/t16?,17-,18+,28?;;. The number of rotatable bonds is 7. The van der Waals surface area contributed by atoms with E-state index in [1.54, 1.807) is 0 Å². The summed E-state index contributed by atoms with van der Waals surface area (Å²) in [5.41, 5.74) is -1.26. The predicted molar refractivity (Wildman–Crippen MR) is 161 cm³/mol. The van der Waals surface area contributed by atoms with Gasteiger partial charge in [0.05, 0.1) is 18.0 Å². The first-order valence-electron chi connectivity index (χ1n) is 14.4. The molecule has 4 saturated heterocycles. The molecule has 6 heterocycles. The van der Waals surface area contributed by atoms with Crippen LogP contribution in [0.1, 0.15) is 32.1 Å². The van der Waals surface area contributed by atoms with Gasteiger partial charge in [0.2, 0.25) is 0 Å². The van der Waals surface area contributed by atoms with Crippen LogP contribution >= 0.6 is 24.8 Å². The Morgan fingerprint density at radius 2 is 1.84 bits per heavy atom. The number of hydrogen-bond donors (Lipinski definition) is 1. The van der Waals surface area contributed by atoms with Crippen molar-refractivity contribution in [2.75, 3.05) is 44.8 Å². The normalized spacial score (nSPS) is 25.9. The highest BCUT2D eigenvalue weighted by Gasteiger charge is 2.49. The van der Waals surface area contributed by atoms with Crippen molar-refractivity contribution in [3.8, 4) is 28.8 Å². The summed E-state index contributed by atoms with van der Waals surface area (Å²) in [5, 5.41) is 3.86. The summed E-state index contributed by atoms with van der Waals surface area (Å²) in [4.78, 5) is 17.5. The third kappa shape index (κ3) is 6.38. The molecule has 2 aromatic heterocycles. The number of nitrogens with one attached hydrogen (secondary N) is 1. The first-order valence-corrected chi connectivity index (χ1v) is 14.4. The van der Waals surface area contributed by atoms with Crippen molar-refractivity contribution in [1.29, 1.82) is 0 Å². The molecule has 1 N–H and O–H groups in total. The van der Waals surface area contributed by atoms with Crippen molar-refractivity contribution in [2.24, 2.45) is 0 Å². The number of hydrogen-bond acceptors (Lipinski definition) is 9. The summed E-state index contributed by atoms with van der Waals surface area (Å²) >= 11 is 0. The first-order chi connectivity index (χ1) is 20.6. The Morgan fingerprint density at radius 1 is 1.09 bits per heavy atom. The van der Waals surface area contributed by atoms with E-state index in [4.69, 9.17) is 14.5 Å². The molecule has 4 atom stereocenters. The van der Waals surface area contributed by atoms with Crippen molar-refractivity contribution < 1.29 is 36.2 Å². The predicted octanol–water partition coefficient (Wildman–Crippen LogP) is 5.48. The molecular formula is C29H33Cl2F5N6O3. The van der Waals surface area contributed by atoms with E-state index in [0.29, 0.717) is 37.3 Å². The zero-order valence-electron chi connectivity index (χ0n) is 24.3. The molecule has 7 rings (SSSR count). The Bertz CT molecular complexity index is 1540. The number of nitrogens with zero attached hydrogens (tertiary/aromatic N) is 5. The van der Waals surface area contributed by atoms with Crippen LogP contribution in [0.2, 0.25) is 0 Å². The summed E-state index contributed by atoms with van der Waals surface area (Å²) in [6.07, 6.45) is -0.539. The molecule has 1 aromatic carbocycles. The molecule has 0 aliphatic carbocycles. The minimum absolute atomic E-state index is 0. The largest absolute Gasteiger partial charge is 0.573 e. The van der Waals surface area contributed by atoms with Gasteiger partial charge in [-0.3, -0.25) is 9.88 Å². The molecule has 0 radical (unpaired) electrons. The van der Waals surface area contributed by atoms with Crippen molar-refractivity contribution >= 4 is 41.5 Å². The molecule has 3 aromatic rings. The Kier molecular flexibility index (Phi) is 9.43. The molecule has 0 spiro atoms. The minimum Gasteiger partial charge on any atom is -0.497 e. The first kappa shape index (κ1) is 33.4. The zero-order chi connectivity index (χ0) is 29.9. The van der Waals surface area contributed by atoms with Crippen LogP contribution in [0.4, 0.5) is 27.8 Å². The quantitative estimate of drug-likeness (QED) is 0.327. The molecule has 2 bridgehead atoms. The lowest BCUT2D eigenvalue weighted by molar-refractivity contribution is -0.274. The van der Waals surface area contributed by atoms with E-state index < -0.39 is 35.3 Å². The van der Waals surface area contributed by atoms with Crippen molar-refractivity contribution in [3.63, 3.8) is 0 Å². The number of ether oxygens (including phenoxy) is 3. The second kappa shape index (κ2) is 12.7. The van der Waals surface area contributed by atoms with Gasteiger partial charge >= 0.3 is 12.4 Å². The van der Waals surface area contributed by atoms with E-state index in [2.05, 4.69) is 24.9 Å². The lowest BCUT2D eigenvalue weighted by atomic mass is 9.95. The van der Waals surface area contributed by atoms with Gasteiger partial charge in [-0.25, -0.2) is 8.78 Å². The lowest BCUT2D eigenvalue weighted by Gasteiger charge is -2.34. The number of benzene rings is 1. The van der Waals surface area contributed by atoms with Gasteiger partial charge in [-0.15, -0.1) is 38.0 Å². The van der Waals surface area contributed by atoms with Gasteiger partial charge < -0.3 is 24.4 Å². The Balaban J connectivity index is 0.00000200. The summed E-state index contributed by atoms with van der Waals surface area (Å²) in [6.45, 7) is 2.54. The summed E-state index contributed by atoms with van der Waals surface area (Å²) in [7, 11) is 1.34. The fraction of sp³-hybridized carbons (Fsp3) is 0.552. The van der Waals surface area contributed by atoms with Crippen molar-refractivity contribution in [1.82, 2.24) is 25.2 Å². The number of fused-ring (bicyclic) bond motifs is 4. The van der Waals surface area contributed by atoms with Crippen LogP contribution < -0.4 is 24.4 Å². The number of anilines is 1. The monoisotopic (exact) mass is 678 g/mol. The van der Waals surface area contributed by atoms with E-state index in [1.807, 2.05) is 4.90 Å². The maximum absolute atomic E-state index is 16.4. The lowest BCUT2D eigenvalue weighted by Crippen LogP contribution is -2.51. The molecule has 4 fully saturated rings. The van der Waals surface area contributed by atoms with Crippen LogP contribution in [0.25, 0.3) is 22.2 Å². The molecule has 0 amide bonds. The fourth-order valence-electron chi connectivity index (χ4n) is 7.17. The van der Waals surface area contributed by atoms with Gasteiger partial charge in [-0.2, -0.15) is 9.97 Å². The average molecular weight is 680 g/mol. The van der Waals surface area contributed by atoms with Crippen LogP contribution in [0.5, 0.6) is 17.5 Å². The van der Waals surface area contributed by atoms with Gasteiger partial charge in [0.15, 0.2) is 5.82 Å². The summed E-state index contributed by atoms with van der Waals surface area (Å²) in [6, 6.07) is 3.98. The summed E-state index contributed by atoms with van der Waals surface area (Å²) < 4.78 is 86.0. The van der Waals surface area contributed by atoms with Crippen molar-refractivity contribution in [3.05, 3.63) is 30.2 Å². The molecule has 9 nitrogen and oxygen atoms in total. The number of pyridine rings is 1. The second-order valence-corrected chi connectivity index (χ2v) is 11.8.